The van der Waals surface area contributed by atoms with Crippen LogP contribution in [-0.4, -0.2) is 14.7 Å². The van der Waals surface area contributed by atoms with Gasteiger partial charge < -0.3 is 9.67 Å². The molecule has 0 saturated carbocycles. The molecule has 0 amide bonds. The van der Waals surface area contributed by atoms with E-state index in [1.165, 1.54) is 0 Å². The zero-order chi connectivity index (χ0) is 13.1. The van der Waals surface area contributed by atoms with E-state index in [9.17, 15) is 0 Å². The van der Waals surface area contributed by atoms with Gasteiger partial charge in [-0.15, -0.1) is 0 Å². The minimum absolute atomic E-state index is 0.00450. The first-order chi connectivity index (χ1) is 8.63. The van der Waals surface area contributed by atoms with Crippen LogP contribution >= 0.6 is 23.4 Å². The molecule has 1 N–H and O–H groups in total. The van der Waals surface area contributed by atoms with Crippen molar-refractivity contribution in [2.24, 2.45) is 7.05 Å². The van der Waals surface area contributed by atoms with Gasteiger partial charge >= 0.3 is 0 Å². The molecule has 3 nitrogen and oxygen atoms in total. The van der Waals surface area contributed by atoms with E-state index < -0.39 is 0 Å². The summed E-state index contributed by atoms with van der Waals surface area (Å²) < 4.78 is 1.90. The van der Waals surface area contributed by atoms with Crippen LogP contribution < -0.4 is 0 Å². The van der Waals surface area contributed by atoms with Crippen LogP contribution in [0.15, 0.2) is 35.6 Å². The molecule has 1 atom stereocenters. The van der Waals surface area contributed by atoms with Crippen LogP contribution in [0.4, 0.5) is 0 Å². The number of aliphatic hydroxyl groups excluding tert-OH is 1. The fraction of sp³-hybridized carbons (Fsp3) is 0.308. The maximum atomic E-state index is 9.14. The second-order valence-electron chi connectivity index (χ2n) is 4.03. The Bertz CT molecular complexity index is 542. The Balaban J connectivity index is 2.19. The van der Waals surface area contributed by atoms with Crippen molar-refractivity contribution in [2.75, 3.05) is 0 Å². The fourth-order valence-electron chi connectivity index (χ4n) is 1.71. The van der Waals surface area contributed by atoms with Gasteiger partial charge in [0, 0.05) is 17.3 Å². The first-order valence-electron chi connectivity index (χ1n) is 5.66. The molecular weight excluding hydrogens is 268 g/mol. The SMILES string of the molecule is CC(Sc1ncc(CO)n1C)c1ccccc1Cl. The van der Waals surface area contributed by atoms with E-state index in [4.69, 9.17) is 16.7 Å². The number of aromatic nitrogens is 2. The van der Waals surface area contributed by atoms with Crippen molar-refractivity contribution < 1.29 is 5.11 Å². The van der Waals surface area contributed by atoms with Gasteiger partial charge in [-0.05, 0) is 18.6 Å². The number of hydrogen-bond donors (Lipinski definition) is 1. The first-order valence-corrected chi connectivity index (χ1v) is 6.91. The zero-order valence-corrected chi connectivity index (χ0v) is 11.9. The second-order valence-corrected chi connectivity index (χ2v) is 5.75. The summed E-state index contributed by atoms with van der Waals surface area (Å²) in [5, 5.41) is 11.0. The molecule has 2 aromatic rings. The summed E-state index contributed by atoms with van der Waals surface area (Å²) in [6.07, 6.45) is 1.70. The van der Waals surface area contributed by atoms with Crippen LogP contribution in [0.25, 0.3) is 0 Å². The number of thioether (sulfide) groups is 1. The molecule has 1 aromatic carbocycles. The molecule has 18 heavy (non-hydrogen) atoms. The Morgan fingerprint density at radius 2 is 2.17 bits per heavy atom. The van der Waals surface area contributed by atoms with E-state index in [2.05, 4.69) is 11.9 Å². The lowest BCUT2D eigenvalue weighted by Gasteiger charge is -2.13. The van der Waals surface area contributed by atoms with Gasteiger partial charge in [0.1, 0.15) is 0 Å². The van der Waals surface area contributed by atoms with Gasteiger partial charge in [-0.25, -0.2) is 4.98 Å². The van der Waals surface area contributed by atoms with Gasteiger partial charge in [-0.1, -0.05) is 41.6 Å². The van der Waals surface area contributed by atoms with Crippen LogP contribution in [0, 0.1) is 0 Å². The highest BCUT2D eigenvalue weighted by Gasteiger charge is 2.14. The number of halogens is 1. The van der Waals surface area contributed by atoms with Crippen molar-refractivity contribution in [1.82, 2.24) is 9.55 Å². The summed E-state index contributed by atoms with van der Waals surface area (Å²) in [6.45, 7) is 2.10. The number of benzene rings is 1. The average Bonchev–Trinajstić information content (AvgIpc) is 2.71. The summed E-state index contributed by atoms with van der Waals surface area (Å²) in [5.74, 6) is 0. The minimum atomic E-state index is 0.00450. The lowest BCUT2D eigenvalue weighted by atomic mass is 10.2. The molecule has 1 unspecified atom stereocenters. The van der Waals surface area contributed by atoms with Crippen LogP contribution in [-0.2, 0) is 13.7 Å². The maximum absolute atomic E-state index is 9.14. The zero-order valence-electron chi connectivity index (χ0n) is 10.3. The quantitative estimate of drug-likeness (QED) is 0.873. The molecule has 2 rings (SSSR count). The van der Waals surface area contributed by atoms with Crippen molar-refractivity contribution >= 4 is 23.4 Å². The Hall–Kier alpha value is -0.970. The molecule has 1 aromatic heterocycles. The van der Waals surface area contributed by atoms with Gasteiger partial charge in [-0.2, -0.15) is 0 Å². The summed E-state index contributed by atoms with van der Waals surface area (Å²) in [4.78, 5) is 4.30. The number of nitrogens with zero attached hydrogens (tertiary/aromatic N) is 2. The third-order valence-corrected chi connectivity index (χ3v) is 4.37. The van der Waals surface area contributed by atoms with Crippen molar-refractivity contribution in [3.63, 3.8) is 0 Å². The molecule has 0 radical (unpaired) electrons. The van der Waals surface area contributed by atoms with E-state index >= 15 is 0 Å². The molecule has 0 bridgehead atoms. The second kappa shape index (κ2) is 5.78. The molecule has 0 aliphatic heterocycles. The summed E-state index contributed by atoms with van der Waals surface area (Å²) in [7, 11) is 1.90. The Morgan fingerprint density at radius 1 is 1.44 bits per heavy atom. The van der Waals surface area contributed by atoms with E-state index in [0.717, 1.165) is 21.4 Å². The minimum Gasteiger partial charge on any atom is -0.390 e. The number of imidazole rings is 1. The summed E-state index contributed by atoms with van der Waals surface area (Å²) in [5.41, 5.74) is 1.90. The van der Waals surface area contributed by atoms with Gasteiger partial charge in [0.05, 0.1) is 18.5 Å². The van der Waals surface area contributed by atoms with Crippen LogP contribution in [0.3, 0.4) is 0 Å². The molecule has 0 aliphatic carbocycles. The third-order valence-electron chi connectivity index (χ3n) is 2.83. The molecule has 0 saturated heterocycles. The highest BCUT2D eigenvalue weighted by molar-refractivity contribution is 7.99. The highest BCUT2D eigenvalue weighted by Crippen LogP contribution is 2.37. The van der Waals surface area contributed by atoms with Gasteiger partial charge in [0.25, 0.3) is 0 Å². The van der Waals surface area contributed by atoms with Gasteiger partial charge in [0.15, 0.2) is 5.16 Å². The number of hydrogen-bond acceptors (Lipinski definition) is 3. The smallest absolute Gasteiger partial charge is 0.168 e. The van der Waals surface area contributed by atoms with E-state index in [1.807, 2.05) is 35.9 Å². The number of rotatable bonds is 4. The lowest BCUT2D eigenvalue weighted by molar-refractivity contribution is 0.271. The molecule has 5 heteroatoms. The van der Waals surface area contributed by atoms with Crippen LogP contribution in [0.2, 0.25) is 5.02 Å². The van der Waals surface area contributed by atoms with Crippen LogP contribution in [0.1, 0.15) is 23.4 Å². The van der Waals surface area contributed by atoms with Crippen molar-refractivity contribution in [2.45, 2.75) is 23.9 Å². The predicted molar refractivity (Wildman–Crippen MR) is 74.9 cm³/mol. The molecule has 96 valence electrons. The standard InChI is InChI=1S/C13H15ClN2OS/c1-9(11-5-3-4-6-12(11)14)18-13-15-7-10(8-17)16(13)2/h3-7,9,17H,8H2,1-2H3. The molecule has 0 aliphatic rings. The van der Waals surface area contributed by atoms with E-state index in [0.29, 0.717) is 0 Å². The Morgan fingerprint density at radius 3 is 2.78 bits per heavy atom. The number of aliphatic hydroxyl groups is 1. The molecule has 0 spiro atoms. The molecular formula is C13H15ClN2OS. The van der Waals surface area contributed by atoms with Crippen molar-refractivity contribution in [3.8, 4) is 0 Å². The van der Waals surface area contributed by atoms with E-state index in [1.54, 1.807) is 18.0 Å². The largest absolute Gasteiger partial charge is 0.390 e. The summed E-state index contributed by atoms with van der Waals surface area (Å²) in [6, 6.07) is 7.82. The third kappa shape index (κ3) is 2.71. The molecule has 1 heterocycles. The predicted octanol–water partition coefficient (Wildman–Crippen LogP) is 3.42. The highest BCUT2D eigenvalue weighted by atomic mass is 35.5. The normalized spacial score (nSPS) is 12.7. The lowest BCUT2D eigenvalue weighted by Crippen LogP contribution is -1.99. The van der Waals surface area contributed by atoms with Gasteiger partial charge in [-0.3, -0.25) is 0 Å². The topological polar surface area (TPSA) is 38.1 Å². The van der Waals surface area contributed by atoms with E-state index in [-0.39, 0.29) is 11.9 Å². The first kappa shape index (κ1) is 13.5. The van der Waals surface area contributed by atoms with Gasteiger partial charge in [0.2, 0.25) is 0 Å². The maximum Gasteiger partial charge on any atom is 0.168 e. The molecule has 0 fully saturated rings. The monoisotopic (exact) mass is 282 g/mol. The average molecular weight is 283 g/mol. The van der Waals surface area contributed by atoms with Crippen LogP contribution in [0.5, 0.6) is 0 Å². The fourth-order valence-corrected chi connectivity index (χ4v) is 3.11. The van der Waals surface area contributed by atoms with Crippen molar-refractivity contribution in [1.29, 1.82) is 0 Å². The Kier molecular flexibility index (Phi) is 4.32. The van der Waals surface area contributed by atoms with Crippen molar-refractivity contribution in [3.05, 3.63) is 46.7 Å². The Labute approximate surface area is 116 Å². The summed E-state index contributed by atoms with van der Waals surface area (Å²) >= 11 is 7.81.